The Morgan fingerprint density at radius 3 is 2.00 bits per heavy atom. The van der Waals surface area contributed by atoms with Gasteiger partial charge in [0.05, 0.1) is 0 Å². The molecule has 0 saturated heterocycles. The Kier molecular flexibility index (Phi) is 4.14. The molecule has 20 heavy (non-hydrogen) atoms. The zero-order chi connectivity index (χ0) is 14.9. The molecule has 0 aliphatic rings. The first-order valence-electron chi connectivity index (χ1n) is 6.78. The van der Waals surface area contributed by atoms with Gasteiger partial charge in [0, 0.05) is 11.0 Å². The summed E-state index contributed by atoms with van der Waals surface area (Å²) in [6, 6.07) is 8.34. The second-order valence-corrected chi connectivity index (χ2v) is 8.48. The number of benzene rings is 1. The van der Waals surface area contributed by atoms with Crippen LogP contribution >= 0.6 is 10.9 Å². The van der Waals surface area contributed by atoms with Crippen LogP contribution in [-0.4, -0.2) is 27.5 Å². The third-order valence-electron chi connectivity index (χ3n) is 3.00. The average molecular weight is 289 g/mol. The summed E-state index contributed by atoms with van der Waals surface area (Å²) in [5.74, 6) is 1.66. The SMILES string of the molecule is Cc1ccc(-c2nc([SH](C)C)nc(C(C)(C)C)n2)cc1. The minimum absolute atomic E-state index is 0.0670. The lowest BCUT2D eigenvalue weighted by molar-refractivity contribution is 0.532. The molecule has 1 aromatic carbocycles. The van der Waals surface area contributed by atoms with Gasteiger partial charge in [-0.1, -0.05) is 50.6 Å². The van der Waals surface area contributed by atoms with Gasteiger partial charge in [0.15, 0.2) is 11.0 Å². The summed E-state index contributed by atoms with van der Waals surface area (Å²) in [6.07, 6.45) is 4.35. The lowest BCUT2D eigenvalue weighted by Gasteiger charge is -2.19. The van der Waals surface area contributed by atoms with E-state index in [1.807, 2.05) is 0 Å². The molecule has 0 atom stereocenters. The molecular weight excluding hydrogens is 266 g/mol. The Morgan fingerprint density at radius 2 is 1.50 bits per heavy atom. The summed E-state index contributed by atoms with van der Waals surface area (Å²) in [7, 11) is -0.334. The molecule has 1 aromatic heterocycles. The Morgan fingerprint density at radius 1 is 0.900 bits per heavy atom. The lowest BCUT2D eigenvalue weighted by Crippen LogP contribution is -2.18. The Bertz CT molecular complexity index is 598. The van der Waals surface area contributed by atoms with Crippen molar-refractivity contribution in [3.05, 3.63) is 35.7 Å². The summed E-state index contributed by atoms with van der Waals surface area (Å²) in [6.45, 7) is 8.50. The summed E-state index contributed by atoms with van der Waals surface area (Å²) < 4.78 is 0. The van der Waals surface area contributed by atoms with Crippen molar-refractivity contribution in [2.75, 3.05) is 12.5 Å². The van der Waals surface area contributed by atoms with Crippen molar-refractivity contribution in [1.29, 1.82) is 0 Å². The van der Waals surface area contributed by atoms with E-state index in [9.17, 15) is 0 Å². The molecule has 0 N–H and O–H groups in total. The van der Waals surface area contributed by atoms with Crippen molar-refractivity contribution in [3.63, 3.8) is 0 Å². The van der Waals surface area contributed by atoms with Crippen LogP contribution in [0.2, 0.25) is 0 Å². The van der Waals surface area contributed by atoms with E-state index < -0.39 is 0 Å². The van der Waals surface area contributed by atoms with Crippen LogP contribution in [0.1, 0.15) is 32.2 Å². The topological polar surface area (TPSA) is 38.7 Å². The van der Waals surface area contributed by atoms with Crippen LogP contribution in [0, 0.1) is 6.92 Å². The summed E-state index contributed by atoms with van der Waals surface area (Å²) in [5, 5.41) is 0.926. The van der Waals surface area contributed by atoms with Crippen LogP contribution in [0.15, 0.2) is 29.4 Å². The van der Waals surface area contributed by atoms with Gasteiger partial charge in [-0.3, -0.25) is 0 Å². The highest BCUT2D eigenvalue weighted by Gasteiger charge is 2.20. The van der Waals surface area contributed by atoms with Crippen LogP contribution < -0.4 is 0 Å². The van der Waals surface area contributed by atoms with Crippen molar-refractivity contribution in [2.24, 2.45) is 0 Å². The quantitative estimate of drug-likeness (QED) is 0.855. The summed E-state index contributed by atoms with van der Waals surface area (Å²) in [5.41, 5.74) is 2.23. The average Bonchev–Trinajstić information content (AvgIpc) is 2.38. The molecule has 0 fully saturated rings. The Hall–Kier alpha value is -1.42. The third kappa shape index (κ3) is 3.37. The molecule has 0 spiro atoms. The number of nitrogens with zero attached hydrogens (tertiary/aromatic N) is 3. The predicted octanol–water partition coefficient (Wildman–Crippen LogP) is 3.76. The van der Waals surface area contributed by atoms with Crippen LogP contribution in [0.5, 0.6) is 0 Å². The van der Waals surface area contributed by atoms with Gasteiger partial charge in [0.25, 0.3) is 0 Å². The Labute approximate surface area is 124 Å². The predicted molar refractivity (Wildman–Crippen MR) is 87.8 cm³/mol. The smallest absolute Gasteiger partial charge is 0.170 e. The number of aryl methyl sites for hydroxylation is 1. The van der Waals surface area contributed by atoms with Gasteiger partial charge in [0.1, 0.15) is 5.82 Å². The van der Waals surface area contributed by atoms with Crippen LogP contribution in [0.3, 0.4) is 0 Å². The van der Waals surface area contributed by atoms with Crippen molar-refractivity contribution in [3.8, 4) is 11.4 Å². The van der Waals surface area contributed by atoms with Gasteiger partial charge in [-0.2, -0.15) is 10.9 Å². The van der Waals surface area contributed by atoms with Crippen molar-refractivity contribution in [2.45, 2.75) is 38.3 Å². The first kappa shape index (κ1) is 15.0. The Balaban J connectivity index is 2.57. The van der Waals surface area contributed by atoms with Crippen LogP contribution in [0.4, 0.5) is 0 Å². The number of rotatable bonds is 2. The fraction of sp³-hybridized carbons (Fsp3) is 0.438. The maximum atomic E-state index is 4.68. The second-order valence-electron chi connectivity index (χ2n) is 6.29. The molecule has 0 saturated carbocycles. The second kappa shape index (κ2) is 5.52. The normalized spacial score (nSPS) is 12.4. The first-order valence-corrected chi connectivity index (χ1v) is 9.02. The molecular formula is C16H23N3S. The van der Waals surface area contributed by atoms with E-state index in [-0.39, 0.29) is 16.3 Å². The first-order chi connectivity index (χ1) is 9.27. The highest BCUT2D eigenvalue weighted by Crippen LogP contribution is 2.29. The zero-order valence-corrected chi connectivity index (χ0v) is 14.0. The molecule has 0 aliphatic heterocycles. The molecule has 0 radical (unpaired) electrons. The molecule has 3 nitrogen and oxygen atoms in total. The van der Waals surface area contributed by atoms with Gasteiger partial charge in [-0.05, 0) is 19.4 Å². The standard InChI is InChI=1S/C16H23N3S/c1-11-7-9-12(10-8-11)13-17-14(16(2,3)4)19-15(18-13)20(5)6/h7-10,20H,1-6H3. The highest BCUT2D eigenvalue weighted by molar-refractivity contribution is 8.15. The van der Waals surface area contributed by atoms with Crippen LogP contribution in [0.25, 0.3) is 11.4 Å². The zero-order valence-electron chi connectivity index (χ0n) is 13.1. The molecule has 0 amide bonds. The molecule has 0 unspecified atom stereocenters. The number of hydrogen-bond acceptors (Lipinski definition) is 3. The van der Waals surface area contributed by atoms with Crippen molar-refractivity contribution >= 4 is 10.9 Å². The molecule has 108 valence electrons. The number of thiol groups is 1. The molecule has 4 heteroatoms. The fourth-order valence-electron chi connectivity index (χ4n) is 1.73. The lowest BCUT2D eigenvalue weighted by atomic mass is 9.96. The maximum absolute atomic E-state index is 4.68. The van der Waals surface area contributed by atoms with E-state index in [4.69, 9.17) is 0 Å². The number of hydrogen-bond donors (Lipinski definition) is 1. The molecule has 0 bridgehead atoms. The van der Waals surface area contributed by atoms with Gasteiger partial charge >= 0.3 is 0 Å². The van der Waals surface area contributed by atoms with E-state index in [1.165, 1.54) is 5.56 Å². The van der Waals surface area contributed by atoms with E-state index in [0.29, 0.717) is 0 Å². The third-order valence-corrected chi connectivity index (χ3v) is 4.00. The molecule has 1 heterocycles. The monoisotopic (exact) mass is 289 g/mol. The van der Waals surface area contributed by atoms with Crippen LogP contribution in [-0.2, 0) is 5.41 Å². The van der Waals surface area contributed by atoms with Gasteiger partial charge in [-0.15, -0.1) is 0 Å². The van der Waals surface area contributed by atoms with Gasteiger partial charge in [0.2, 0.25) is 0 Å². The highest BCUT2D eigenvalue weighted by atomic mass is 32.2. The van der Waals surface area contributed by atoms with Gasteiger partial charge < -0.3 is 0 Å². The van der Waals surface area contributed by atoms with Gasteiger partial charge in [-0.25, -0.2) is 15.0 Å². The van der Waals surface area contributed by atoms with E-state index in [1.54, 1.807) is 0 Å². The minimum Gasteiger partial charge on any atom is -0.212 e. The largest absolute Gasteiger partial charge is 0.212 e. The van der Waals surface area contributed by atoms with E-state index >= 15 is 0 Å². The maximum Gasteiger partial charge on any atom is 0.170 e. The fourth-order valence-corrected chi connectivity index (χ4v) is 2.32. The summed E-state index contributed by atoms with van der Waals surface area (Å²) >= 11 is 0. The molecule has 2 aromatic rings. The van der Waals surface area contributed by atoms with Crippen molar-refractivity contribution < 1.29 is 0 Å². The van der Waals surface area contributed by atoms with Crippen molar-refractivity contribution in [1.82, 2.24) is 15.0 Å². The van der Waals surface area contributed by atoms with E-state index in [2.05, 4.69) is 79.4 Å². The van der Waals surface area contributed by atoms with E-state index in [0.717, 1.165) is 22.4 Å². The summed E-state index contributed by atoms with van der Waals surface area (Å²) in [4.78, 5) is 14.0. The molecule has 2 rings (SSSR count). The minimum atomic E-state index is -0.334. The number of aromatic nitrogens is 3. The molecule has 0 aliphatic carbocycles.